The summed E-state index contributed by atoms with van der Waals surface area (Å²) in [7, 11) is 0. The first-order valence-electron chi connectivity index (χ1n) is 7.22. The normalized spacial score (nSPS) is 10.8. The second-order valence-corrected chi connectivity index (χ2v) is 6.09. The fourth-order valence-electron chi connectivity index (χ4n) is 2.45. The molecule has 0 aliphatic carbocycles. The Kier molecular flexibility index (Phi) is 3.47. The Balaban J connectivity index is 1.84. The minimum absolute atomic E-state index is 0.476. The van der Waals surface area contributed by atoms with E-state index in [0.29, 0.717) is 21.5 Å². The molecule has 0 fully saturated rings. The first-order valence-corrected chi connectivity index (χ1v) is 8.03. The largest absolute Gasteiger partial charge is 0.465 e. The van der Waals surface area contributed by atoms with Gasteiger partial charge in [0.25, 0.3) is 0 Å². The van der Waals surface area contributed by atoms with E-state index in [1.165, 1.54) is 11.3 Å². The number of benzene rings is 2. The fourth-order valence-corrected chi connectivity index (χ4v) is 3.37. The summed E-state index contributed by atoms with van der Waals surface area (Å²) >= 11 is 1.25. The van der Waals surface area contributed by atoms with E-state index < -0.39 is 6.09 Å². The van der Waals surface area contributed by atoms with Crippen LogP contribution in [-0.4, -0.2) is 26.2 Å². The molecular formula is C17H12N4O2S. The number of carboxylic acid groups (broad SMARTS) is 1. The zero-order valence-corrected chi connectivity index (χ0v) is 13.2. The van der Waals surface area contributed by atoms with Gasteiger partial charge in [0.1, 0.15) is 10.7 Å². The van der Waals surface area contributed by atoms with Crippen molar-refractivity contribution in [3.8, 4) is 22.1 Å². The number of amides is 1. The number of rotatable bonds is 3. The van der Waals surface area contributed by atoms with Crippen LogP contribution in [0.1, 0.15) is 0 Å². The average molecular weight is 336 g/mol. The van der Waals surface area contributed by atoms with E-state index in [-0.39, 0.29) is 0 Å². The quantitative estimate of drug-likeness (QED) is 0.516. The van der Waals surface area contributed by atoms with E-state index >= 15 is 0 Å². The lowest BCUT2D eigenvalue weighted by atomic mass is 10.2. The van der Waals surface area contributed by atoms with Gasteiger partial charge in [0, 0.05) is 5.56 Å². The number of carbonyl (C=O) groups is 1. The van der Waals surface area contributed by atoms with Gasteiger partial charge in [-0.25, -0.2) is 14.8 Å². The van der Waals surface area contributed by atoms with Crippen LogP contribution < -0.4 is 5.32 Å². The van der Waals surface area contributed by atoms with E-state index in [2.05, 4.69) is 20.3 Å². The molecular weight excluding hydrogens is 324 g/mol. The first-order chi connectivity index (χ1) is 11.7. The van der Waals surface area contributed by atoms with Crippen molar-refractivity contribution in [1.82, 2.24) is 15.0 Å². The predicted molar refractivity (Wildman–Crippen MR) is 94.3 cm³/mol. The molecule has 0 unspecified atom stereocenters. The number of anilines is 1. The minimum atomic E-state index is -1.12. The molecule has 0 saturated carbocycles. The van der Waals surface area contributed by atoms with Crippen LogP contribution in [0.4, 0.5) is 9.80 Å². The van der Waals surface area contributed by atoms with Crippen molar-refractivity contribution >= 4 is 33.5 Å². The number of H-pyrrole nitrogens is 1. The molecule has 118 valence electrons. The number of hydrogen-bond acceptors (Lipinski definition) is 4. The molecule has 0 saturated heterocycles. The third kappa shape index (κ3) is 2.61. The van der Waals surface area contributed by atoms with Crippen LogP contribution in [0.25, 0.3) is 33.1 Å². The topological polar surface area (TPSA) is 90.9 Å². The summed E-state index contributed by atoms with van der Waals surface area (Å²) in [6.45, 7) is 0. The van der Waals surface area contributed by atoms with Crippen LogP contribution in [-0.2, 0) is 0 Å². The Hall–Kier alpha value is -3.19. The number of thiazole rings is 1. The van der Waals surface area contributed by atoms with Crippen molar-refractivity contribution in [2.24, 2.45) is 0 Å². The Labute approximate surface area is 140 Å². The van der Waals surface area contributed by atoms with Gasteiger partial charge < -0.3 is 10.1 Å². The van der Waals surface area contributed by atoms with Crippen LogP contribution in [0.2, 0.25) is 0 Å². The number of hydrogen-bond donors (Lipinski definition) is 3. The maximum absolute atomic E-state index is 11.1. The van der Waals surface area contributed by atoms with Crippen LogP contribution in [0.3, 0.4) is 0 Å². The highest BCUT2D eigenvalue weighted by atomic mass is 32.1. The van der Waals surface area contributed by atoms with Gasteiger partial charge in [-0.1, -0.05) is 53.8 Å². The van der Waals surface area contributed by atoms with Crippen LogP contribution in [0, 0.1) is 0 Å². The monoisotopic (exact) mass is 336 g/mol. The van der Waals surface area contributed by atoms with Crippen molar-refractivity contribution in [3.05, 3.63) is 54.6 Å². The lowest BCUT2D eigenvalue weighted by Crippen LogP contribution is -2.06. The van der Waals surface area contributed by atoms with Crippen molar-refractivity contribution < 1.29 is 9.90 Å². The molecule has 0 spiro atoms. The first kappa shape index (κ1) is 14.4. The zero-order chi connectivity index (χ0) is 16.5. The summed E-state index contributed by atoms with van der Waals surface area (Å²) in [6, 6.07) is 17.2. The maximum Gasteiger partial charge on any atom is 0.409 e. The van der Waals surface area contributed by atoms with Crippen LogP contribution in [0.15, 0.2) is 54.6 Å². The van der Waals surface area contributed by atoms with E-state index in [1.807, 2.05) is 54.6 Å². The third-order valence-electron chi connectivity index (χ3n) is 3.49. The average Bonchev–Trinajstić information content (AvgIpc) is 3.19. The number of aromatic amines is 1. The lowest BCUT2D eigenvalue weighted by molar-refractivity contribution is 0.210. The van der Waals surface area contributed by atoms with E-state index in [1.54, 1.807) is 0 Å². The van der Waals surface area contributed by atoms with Crippen molar-refractivity contribution in [2.75, 3.05) is 5.32 Å². The van der Waals surface area contributed by atoms with Gasteiger partial charge in [0.15, 0.2) is 10.8 Å². The molecule has 0 aliphatic heterocycles. The number of fused-ring (bicyclic) bond motifs is 1. The van der Waals surface area contributed by atoms with E-state index in [4.69, 9.17) is 5.11 Å². The highest BCUT2D eigenvalue weighted by molar-refractivity contribution is 7.19. The van der Waals surface area contributed by atoms with Gasteiger partial charge in [0.2, 0.25) is 0 Å². The second-order valence-electron chi connectivity index (χ2n) is 5.10. The molecule has 7 heteroatoms. The van der Waals surface area contributed by atoms with Crippen molar-refractivity contribution in [2.45, 2.75) is 0 Å². The fraction of sp³-hybridized carbons (Fsp3) is 0. The summed E-state index contributed by atoms with van der Waals surface area (Å²) in [5.41, 5.74) is 3.20. The minimum Gasteiger partial charge on any atom is -0.465 e. The standard InChI is InChI=1S/C17H12N4O2S/c22-17(23)21-15-13(10-6-2-1-3-7-10)20-16(24-15)14-18-11-8-4-5-9-12(11)19-14/h1-9,21H,(H,18,19)(H,22,23). The molecule has 0 aliphatic rings. The number of nitrogens with one attached hydrogen (secondary N) is 2. The smallest absolute Gasteiger partial charge is 0.409 e. The van der Waals surface area contributed by atoms with Crippen LogP contribution in [0.5, 0.6) is 0 Å². The van der Waals surface area contributed by atoms with E-state index in [0.717, 1.165) is 16.6 Å². The second kappa shape index (κ2) is 5.78. The Bertz CT molecular complexity index is 990. The lowest BCUT2D eigenvalue weighted by Gasteiger charge is -2.00. The number of para-hydroxylation sites is 2. The van der Waals surface area contributed by atoms with Gasteiger partial charge in [-0.2, -0.15) is 0 Å². The molecule has 0 bridgehead atoms. The summed E-state index contributed by atoms with van der Waals surface area (Å²) in [5, 5.41) is 12.6. The summed E-state index contributed by atoms with van der Waals surface area (Å²) in [5.74, 6) is 0.622. The van der Waals surface area contributed by atoms with Gasteiger partial charge in [-0.05, 0) is 12.1 Å². The number of aromatic nitrogens is 3. The van der Waals surface area contributed by atoms with Gasteiger partial charge >= 0.3 is 6.09 Å². The highest BCUT2D eigenvalue weighted by Crippen LogP contribution is 2.37. The molecule has 0 atom stereocenters. The Morgan fingerprint density at radius 2 is 1.79 bits per heavy atom. The Morgan fingerprint density at radius 1 is 1.04 bits per heavy atom. The molecule has 6 nitrogen and oxygen atoms in total. The molecule has 0 radical (unpaired) electrons. The van der Waals surface area contributed by atoms with Gasteiger partial charge in [0.05, 0.1) is 11.0 Å². The molecule has 2 aromatic carbocycles. The molecule has 2 aromatic heterocycles. The van der Waals surface area contributed by atoms with E-state index in [9.17, 15) is 4.79 Å². The molecule has 1 amide bonds. The molecule has 4 rings (SSSR count). The maximum atomic E-state index is 11.1. The highest BCUT2D eigenvalue weighted by Gasteiger charge is 2.18. The molecule has 3 N–H and O–H groups in total. The summed E-state index contributed by atoms with van der Waals surface area (Å²) in [4.78, 5) is 23.4. The van der Waals surface area contributed by atoms with Gasteiger partial charge in [-0.3, -0.25) is 5.32 Å². The van der Waals surface area contributed by atoms with Crippen LogP contribution >= 0.6 is 11.3 Å². The van der Waals surface area contributed by atoms with Crippen molar-refractivity contribution in [1.29, 1.82) is 0 Å². The zero-order valence-electron chi connectivity index (χ0n) is 12.4. The third-order valence-corrected chi connectivity index (χ3v) is 4.46. The number of nitrogens with zero attached hydrogens (tertiary/aromatic N) is 2. The summed E-state index contributed by atoms with van der Waals surface area (Å²) in [6.07, 6.45) is -1.12. The Morgan fingerprint density at radius 3 is 2.54 bits per heavy atom. The molecule has 24 heavy (non-hydrogen) atoms. The molecule has 2 heterocycles. The SMILES string of the molecule is O=C(O)Nc1sc(-c2nc3ccccc3[nH]2)nc1-c1ccccc1. The predicted octanol–water partition coefficient (Wildman–Crippen LogP) is 4.44. The number of imidazole rings is 1. The summed E-state index contributed by atoms with van der Waals surface area (Å²) < 4.78 is 0. The van der Waals surface area contributed by atoms with Gasteiger partial charge in [-0.15, -0.1) is 0 Å². The molecule has 4 aromatic rings. The van der Waals surface area contributed by atoms with Crippen molar-refractivity contribution in [3.63, 3.8) is 0 Å².